The van der Waals surface area contributed by atoms with E-state index in [0.29, 0.717) is 11.6 Å². The van der Waals surface area contributed by atoms with Crippen molar-refractivity contribution in [2.75, 3.05) is 0 Å². The lowest BCUT2D eigenvalue weighted by molar-refractivity contribution is 0.669. The summed E-state index contributed by atoms with van der Waals surface area (Å²) < 4.78 is 12.9. The Morgan fingerprint density at radius 2 is 1.07 bits per heavy atom. The summed E-state index contributed by atoms with van der Waals surface area (Å²) in [4.78, 5) is 16.0. The highest BCUT2D eigenvalue weighted by atomic mass is 16.3. The lowest BCUT2D eigenvalue weighted by Crippen LogP contribution is -2.12. The topological polar surface area (TPSA) is 65.0 Å². The molecular formula is C49H31N3O2. The van der Waals surface area contributed by atoms with E-state index in [1.807, 2.05) is 36.4 Å². The minimum atomic E-state index is -0.0333. The second-order valence-electron chi connectivity index (χ2n) is 13.9. The minimum Gasteiger partial charge on any atom is -0.456 e. The molecule has 0 amide bonds. The van der Waals surface area contributed by atoms with Crippen molar-refractivity contribution in [2.24, 2.45) is 0 Å². The molecule has 0 saturated carbocycles. The summed E-state index contributed by atoms with van der Waals surface area (Å²) in [6, 6.07) is 54.4. The van der Waals surface area contributed by atoms with Crippen molar-refractivity contribution in [3.8, 4) is 45.0 Å². The van der Waals surface area contributed by atoms with Gasteiger partial charge in [-0.1, -0.05) is 140 Å². The molecule has 5 heteroatoms. The average molecular weight is 694 g/mol. The molecule has 0 bridgehead atoms. The van der Waals surface area contributed by atoms with Gasteiger partial charge in [-0.05, 0) is 70.1 Å². The molecule has 11 rings (SSSR count). The van der Waals surface area contributed by atoms with Crippen LogP contribution in [-0.2, 0) is 6.42 Å². The van der Waals surface area contributed by atoms with Gasteiger partial charge in [0, 0.05) is 38.6 Å². The molecule has 10 aromatic rings. The predicted molar refractivity (Wildman–Crippen MR) is 218 cm³/mol. The summed E-state index contributed by atoms with van der Waals surface area (Å²) in [6.45, 7) is 0. The molecule has 1 aliphatic carbocycles. The first-order valence-electron chi connectivity index (χ1n) is 18.3. The molecule has 0 fully saturated rings. The highest BCUT2D eigenvalue weighted by molar-refractivity contribution is 6.19. The van der Waals surface area contributed by atoms with Gasteiger partial charge in [0.2, 0.25) is 0 Å². The van der Waals surface area contributed by atoms with E-state index >= 15 is 0 Å². The lowest BCUT2D eigenvalue weighted by atomic mass is 9.89. The molecule has 1 aliphatic rings. The van der Waals surface area contributed by atoms with E-state index in [1.54, 1.807) is 0 Å². The van der Waals surface area contributed by atoms with Crippen LogP contribution in [0.3, 0.4) is 0 Å². The molecule has 254 valence electrons. The van der Waals surface area contributed by atoms with Gasteiger partial charge in [-0.15, -0.1) is 0 Å². The summed E-state index contributed by atoms with van der Waals surface area (Å²) in [7, 11) is 0. The lowest BCUT2D eigenvalue weighted by Gasteiger charge is -2.20. The number of aromatic nitrogens is 3. The maximum absolute atomic E-state index is 6.50. The van der Waals surface area contributed by atoms with Crippen molar-refractivity contribution in [3.05, 3.63) is 181 Å². The molecule has 3 heterocycles. The van der Waals surface area contributed by atoms with Gasteiger partial charge in [-0.3, -0.25) is 0 Å². The Bertz CT molecular complexity index is 3080. The number of hydrogen-bond acceptors (Lipinski definition) is 5. The van der Waals surface area contributed by atoms with Crippen molar-refractivity contribution in [3.63, 3.8) is 0 Å². The van der Waals surface area contributed by atoms with Crippen molar-refractivity contribution in [1.82, 2.24) is 15.0 Å². The minimum absolute atomic E-state index is 0.0333. The van der Waals surface area contributed by atoms with Gasteiger partial charge in [-0.2, -0.15) is 0 Å². The Morgan fingerprint density at radius 3 is 1.89 bits per heavy atom. The molecule has 5 nitrogen and oxygen atoms in total. The molecule has 1 unspecified atom stereocenters. The molecular weight excluding hydrogens is 663 g/mol. The summed E-state index contributed by atoms with van der Waals surface area (Å²) in [5, 5.41) is 4.10. The van der Waals surface area contributed by atoms with Gasteiger partial charge in [0.15, 0.2) is 11.6 Å². The molecule has 1 atom stereocenters. The first kappa shape index (κ1) is 30.5. The normalized spacial score (nSPS) is 14.0. The third-order valence-corrected chi connectivity index (χ3v) is 10.7. The van der Waals surface area contributed by atoms with Gasteiger partial charge >= 0.3 is 0 Å². The first-order chi connectivity index (χ1) is 26.7. The third-order valence-electron chi connectivity index (χ3n) is 10.7. The Balaban J connectivity index is 1.19. The summed E-state index contributed by atoms with van der Waals surface area (Å²) in [6.07, 6.45) is 5.23. The van der Waals surface area contributed by atoms with Crippen LogP contribution < -0.4 is 0 Å². The number of nitrogens with zero attached hydrogens (tertiary/aromatic N) is 3. The van der Waals surface area contributed by atoms with E-state index in [9.17, 15) is 0 Å². The molecule has 0 radical (unpaired) electrons. The number of furan rings is 2. The molecule has 0 N–H and O–H groups in total. The van der Waals surface area contributed by atoms with E-state index in [-0.39, 0.29) is 5.92 Å². The summed E-state index contributed by atoms with van der Waals surface area (Å²) >= 11 is 0. The van der Waals surface area contributed by atoms with E-state index < -0.39 is 0 Å². The van der Waals surface area contributed by atoms with E-state index in [2.05, 4.69) is 133 Å². The monoisotopic (exact) mass is 693 g/mol. The number of hydrogen-bond donors (Lipinski definition) is 0. The van der Waals surface area contributed by atoms with Gasteiger partial charge in [0.1, 0.15) is 28.2 Å². The second-order valence-corrected chi connectivity index (χ2v) is 13.9. The van der Waals surface area contributed by atoms with Crippen LogP contribution in [0.4, 0.5) is 0 Å². The average Bonchev–Trinajstić information content (AvgIpc) is 3.82. The predicted octanol–water partition coefficient (Wildman–Crippen LogP) is 12.7. The molecule has 54 heavy (non-hydrogen) atoms. The van der Waals surface area contributed by atoms with Crippen LogP contribution in [-0.4, -0.2) is 15.0 Å². The Labute approximate surface area is 310 Å². The molecule has 0 saturated heterocycles. The van der Waals surface area contributed by atoms with Crippen LogP contribution in [0.5, 0.6) is 0 Å². The zero-order valence-corrected chi connectivity index (χ0v) is 29.1. The molecule has 0 spiro atoms. The first-order valence-corrected chi connectivity index (χ1v) is 18.3. The molecule has 0 aliphatic heterocycles. The maximum Gasteiger partial charge on any atom is 0.165 e. The molecule has 3 aromatic heterocycles. The summed E-state index contributed by atoms with van der Waals surface area (Å²) in [5.41, 5.74) is 12.0. The number of para-hydroxylation sites is 2. The van der Waals surface area contributed by atoms with Gasteiger partial charge in [0.25, 0.3) is 0 Å². The standard InChI is InChI=1S/C49H31N3O2/c1-2-11-30(12-3-1)32-21-24-33(25-22-32)47-50-48(35-26-23-31-13-4-5-14-34(31)29-35)52-49(51-47)46-37(27-28-43-45(46)39-16-7-9-19-41(39)54-43)36-17-10-20-42-44(36)38-15-6-8-18-40(38)53-42/h1-28,35H,29H2. The largest absolute Gasteiger partial charge is 0.456 e. The molecule has 7 aromatic carbocycles. The van der Waals surface area contributed by atoms with Crippen LogP contribution in [0.2, 0.25) is 0 Å². The number of benzene rings is 7. The fourth-order valence-corrected chi connectivity index (χ4v) is 8.10. The van der Waals surface area contributed by atoms with Gasteiger partial charge < -0.3 is 8.83 Å². The Morgan fingerprint density at radius 1 is 0.444 bits per heavy atom. The Hall–Kier alpha value is -7.11. The fraction of sp³-hybridized carbons (Fsp3) is 0.0408. The van der Waals surface area contributed by atoms with Crippen LogP contribution >= 0.6 is 0 Å². The zero-order valence-electron chi connectivity index (χ0n) is 29.1. The SMILES string of the molecule is C1=CC(c2nc(-c3ccc(-c4ccccc4)cc3)nc(-c3c(-c4cccc5oc6ccccc6c45)ccc4oc5ccccc5c34)n2)Cc2ccccc21. The van der Waals surface area contributed by atoms with Gasteiger partial charge in [-0.25, -0.2) is 15.0 Å². The Kier molecular flexibility index (Phi) is 6.92. The zero-order chi connectivity index (χ0) is 35.6. The summed E-state index contributed by atoms with van der Waals surface area (Å²) in [5.74, 6) is 1.93. The van der Waals surface area contributed by atoms with Crippen LogP contribution in [0.1, 0.15) is 22.9 Å². The van der Waals surface area contributed by atoms with E-state index in [4.69, 9.17) is 23.8 Å². The van der Waals surface area contributed by atoms with Crippen molar-refractivity contribution >= 4 is 50.0 Å². The quantitative estimate of drug-likeness (QED) is 0.179. The maximum atomic E-state index is 6.50. The van der Waals surface area contributed by atoms with Crippen LogP contribution in [0, 0.1) is 0 Å². The van der Waals surface area contributed by atoms with E-state index in [1.165, 1.54) is 11.1 Å². The van der Waals surface area contributed by atoms with Gasteiger partial charge in [0.05, 0.1) is 0 Å². The third kappa shape index (κ3) is 4.97. The van der Waals surface area contributed by atoms with Crippen molar-refractivity contribution < 1.29 is 8.83 Å². The number of fused-ring (bicyclic) bond motifs is 7. The van der Waals surface area contributed by atoms with Crippen molar-refractivity contribution in [1.29, 1.82) is 0 Å². The highest BCUT2D eigenvalue weighted by Gasteiger charge is 2.26. The second kappa shape index (κ2) is 12.2. The van der Waals surface area contributed by atoms with Crippen LogP contribution in [0.15, 0.2) is 173 Å². The van der Waals surface area contributed by atoms with E-state index in [0.717, 1.165) is 89.5 Å². The smallest absolute Gasteiger partial charge is 0.165 e. The van der Waals surface area contributed by atoms with Crippen molar-refractivity contribution in [2.45, 2.75) is 12.3 Å². The highest BCUT2D eigenvalue weighted by Crippen LogP contribution is 2.46. The number of rotatable bonds is 5. The van der Waals surface area contributed by atoms with Crippen LogP contribution in [0.25, 0.3) is 95.0 Å². The fourth-order valence-electron chi connectivity index (χ4n) is 8.10. The number of allylic oxidation sites excluding steroid dienone is 1.